The van der Waals surface area contributed by atoms with Crippen molar-refractivity contribution in [2.75, 3.05) is 31.7 Å². The number of likely N-dealkylation sites (N-methyl/N-ethyl adjacent to an activating group) is 1. The molecule has 2 fully saturated rings. The molecule has 1 spiro atoms. The predicted octanol–water partition coefficient (Wildman–Crippen LogP) is 3.55. The van der Waals surface area contributed by atoms with Crippen LogP contribution in [0, 0.1) is 17.3 Å². The van der Waals surface area contributed by atoms with Gasteiger partial charge in [-0.25, -0.2) is 4.39 Å². The van der Waals surface area contributed by atoms with Crippen molar-refractivity contribution >= 4 is 29.2 Å². The first kappa shape index (κ1) is 31.4. The number of benzene rings is 2. The van der Waals surface area contributed by atoms with Crippen molar-refractivity contribution in [1.82, 2.24) is 15.1 Å². The maximum absolute atomic E-state index is 14.3. The molecule has 2 saturated heterocycles. The van der Waals surface area contributed by atoms with Gasteiger partial charge in [0.1, 0.15) is 17.4 Å². The van der Waals surface area contributed by atoms with Gasteiger partial charge in [-0.1, -0.05) is 19.1 Å². The van der Waals surface area contributed by atoms with Crippen LogP contribution >= 0.6 is 0 Å². The number of amidine groups is 1. The Morgan fingerprint density at radius 3 is 2.28 bits per heavy atom. The molecule has 230 valence electrons. The predicted molar refractivity (Wildman–Crippen MR) is 148 cm³/mol. The van der Waals surface area contributed by atoms with E-state index in [1.807, 2.05) is 4.90 Å². The minimum Gasteiger partial charge on any atom is -0.382 e. The van der Waals surface area contributed by atoms with Crippen molar-refractivity contribution in [1.29, 1.82) is 5.53 Å². The average molecular weight is 605 g/mol. The second-order valence-corrected chi connectivity index (χ2v) is 10.9. The zero-order valence-corrected chi connectivity index (χ0v) is 23.8. The molecule has 15 heteroatoms. The summed E-state index contributed by atoms with van der Waals surface area (Å²) in [4.78, 5) is 44.9. The lowest BCUT2D eigenvalue weighted by atomic mass is 9.85. The highest BCUT2D eigenvalue weighted by Crippen LogP contribution is 2.39. The van der Waals surface area contributed by atoms with Crippen LogP contribution in [0.1, 0.15) is 48.2 Å². The van der Waals surface area contributed by atoms with Crippen molar-refractivity contribution in [2.45, 2.75) is 44.4 Å². The maximum Gasteiger partial charge on any atom is 0.416 e. The average Bonchev–Trinajstić information content (AvgIpc) is 3.20. The van der Waals surface area contributed by atoms with Gasteiger partial charge >= 0.3 is 6.18 Å². The van der Waals surface area contributed by atoms with E-state index in [0.29, 0.717) is 30.4 Å². The third-order valence-electron chi connectivity index (χ3n) is 7.91. The Hall–Kier alpha value is -4.56. The van der Waals surface area contributed by atoms with E-state index in [9.17, 15) is 31.9 Å². The summed E-state index contributed by atoms with van der Waals surface area (Å²) in [6, 6.07) is 7.37. The van der Waals surface area contributed by atoms with Crippen LogP contribution in [-0.2, 0) is 15.8 Å². The molecule has 0 bridgehead atoms. The van der Waals surface area contributed by atoms with Crippen LogP contribution in [0.5, 0.6) is 0 Å². The molecule has 0 aliphatic carbocycles. The molecule has 3 amide bonds. The number of nitrogens with two attached hydrogens (primary N) is 1. The number of piperidine rings is 1. The number of nitrogens with zero attached hydrogens (tertiary/aromatic N) is 5. The first-order valence-electron chi connectivity index (χ1n) is 13.5. The van der Waals surface area contributed by atoms with Crippen LogP contribution < -0.4 is 16.0 Å². The molecular formula is C28H32F4N8O3. The number of anilines is 1. The topological polar surface area (TPSA) is 148 Å². The van der Waals surface area contributed by atoms with Crippen LogP contribution in [0.25, 0.3) is 0 Å². The van der Waals surface area contributed by atoms with Crippen molar-refractivity contribution in [2.24, 2.45) is 22.0 Å². The molecule has 11 nitrogen and oxygen atoms in total. The number of rotatable bonds is 7. The van der Waals surface area contributed by atoms with E-state index in [2.05, 4.69) is 15.6 Å². The SMILES string of the molecule is CC(C)C(NC(=O)c1cc(C(F)(F)F)ccc1F)C(=O)N1CCC2(CC1)C(=O)N(C)CN2c1ccc(C(N)=NN=N)cc1. The monoisotopic (exact) mass is 604 g/mol. The first-order chi connectivity index (χ1) is 20.2. The van der Waals surface area contributed by atoms with E-state index in [-0.39, 0.29) is 37.7 Å². The van der Waals surface area contributed by atoms with Crippen LogP contribution in [0.4, 0.5) is 23.2 Å². The van der Waals surface area contributed by atoms with Gasteiger partial charge < -0.3 is 25.8 Å². The fourth-order valence-electron chi connectivity index (χ4n) is 5.52. The van der Waals surface area contributed by atoms with Gasteiger partial charge in [-0.2, -0.15) is 18.7 Å². The zero-order chi connectivity index (χ0) is 31.7. The van der Waals surface area contributed by atoms with Gasteiger partial charge in [-0.15, -0.1) is 5.10 Å². The summed E-state index contributed by atoms with van der Waals surface area (Å²) in [6.45, 7) is 3.98. The van der Waals surface area contributed by atoms with Gasteiger partial charge in [-0.05, 0) is 61.2 Å². The van der Waals surface area contributed by atoms with Gasteiger partial charge in [-0.3, -0.25) is 14.4 Å². The Balaban J connectivity index is 1.50. The van der Waals surface area contributed by atoms with E-state index >= 15 is 0 Å². The van der Waals surface area contributed by atoms with Crippen molar-refractivity contribution in [3.8, 4) is 0 Å². The number of likely N-dealkylation sites (tertiary alicyclic amines) is 1. The molecule has 0 radical (unpaired) electrons. The molecule has 1 unspecified atom stereocenters. The maximum atomic E-state index is 14.3. The molecule has 2 heterocycles. The number of halogens is 4. The number of carbonyl (C=O) groups is 3. The molecule has 4 rings (SSSR count). The van der Waals surface area contributed by atoms with Gasteiger partial charge in [0, 0.05) is 31.4 Å². The Kier molecular flexibility index (Phi) is 8.74. The highest BCUT2D eigenvalue weighted by Gasteiger charge is 2.53. The largest absolute Gasteiger partial charge is 0.416 e. The highest BCUT2D eigenvalue weighted by atomic mass is 19.4. The fraction of sp³-hybridized carbons (Fsp3) is 0.429. The van der Waals surface area contributed by atoms with Crippen LogP contribution in [0.15, 0.2) is 52.8 Å². The number of amides is 3. The van der Waals surface area contributed by atoms with Crippen LogP contribution in [-0.4, -0.2) is 71.7 Å². The van der Waals surface area contributed by atoms with E-state index < -0.39 is 52.4 Å². The quantitative estimate of drug-likeness (QED) is 0.145. The Morgan fingerprint density at radius 2 is 1.72 bits per heavy atom. The van der Waals surface area contributed by atoms with Crippen molar-refractivity contribution < 1.29 is 31.9 Å². The van der Waals surface area contributed by atoms with E-state index in [1.165, 1.54) is 4.90 Å². The summed E-state index contributed by atoms with van der Waals surface area (Å²) in [5, 5.41) is 8.87. The first-order valence-corrected chi connectivity index (χ1v) is 13.5. The molecule has 2 aliphatic heterocycles. The minimum absolute atomic E-state index is 0.0697. The van der Waals surface area contributed by atoms with E-state index in [0.717, 1.165) is 5.69 Å². The van der Waals surface area contributed by atoms with Crippen LogP contribution in [0.3, 0.4) is 0 Å². The molecule has 1 atom stereocenters. The highest BCUT2D eigenvalue weighted by molar-refractivity contribution is 5.99. The van der Waals surface area contributed by atoms with E-state index in [1.54, 1.807) is 50.1 Å². The standard InChI is InChI=1S/C28H32F4N8O3/c1-16(2)22(35-24(41)20-14-18(28(30,31)32)6-9-21(20)29)25(42)39-12-10-27(11-13-39)26(43)38(3)15-40(27)19-7-4-17(5-8-19)23(33)36-37-34/h4-9,14,16,22H,10-13,15H2,1-3H3,(H,35,41)(H3,33,34,36). The summed E-state index contributed by atoms with van der Waals surface area (Å²) in [5.74, 6) is -3.25. The summed E-state index contributed by atoms with van der Waals surface area (Å²) in [7, 11) is 1.69. The summed E-state index contributed by atoms with van der Waals surface area (Å²) < 4.78 is 53.8. The number of alkyl halides is 3. The normalized spacial score (nSPS) is 17.9. The zero-order valence-electron chi connectivity index (χ0n) is 23.8. The fourth-order valence-corrected chi connectivity index (χ4v) is 5.52. The van der Waals surface area contributed by atoms with Gasteiger partial charge in [0.25, 0.3) is 5.91 Å². The number of carbonyl (C=O) groups excluding carboxylic acids is 3. The molecule has 0 aromatic heterocycles. The molecule has 4 N–H and O–H groups in total. The second-order valence-electron chi connectivity index (χ2n) is 10.9. The molecule has 43 heavy (non-hydrogen) atoms. The lowest BCUT2D eigenvalue weighted by molar-refractivity contribution is -0.139. The molecule has 2 aromatic rings. The second kappa shape index (κ2) is 12.0. The summed E-state index contributed by atoms with van der Waals surface area (Å²) in [6.07, 6.45) is -4.21. The van der Waals surface area contributed by atoms with E-state index in [4.69, 9.17) is 11.3 Å². The smallest absolute Gasteiger partial charge is 0.382 e. The van der Waals surface area contributed by atoms with Crippen LogP contribution in [0.2, 0.25) is 0 Å². The number of nitrogens with one attached hydrogen (secondary N) is 2. The Labute approximate surface area is 245 Å². The van der Waals surface area contributed by atoms with Crippen molar-refractivity contribution in [3.05, 3.63) is 65.0 Å². The Bertz CT molecular complexity index is 1440. The number of hydrogen-bond donors (Lipinski definition) is 3. The third-order valence-corrected chi connectivity index (χ3v) is 7.91. The van der Waals surface area contributed by atoms with Crippen molar-refractivity contribution in [3.63, 3.8) is 0 Å². The lowest BCUT2D eigenvalue weighted by Crippen LogP contribution is -2.60. The third kappa shape index (κ3) is 6.15. The van der Waals surface area contributed by atoms with Gasteiger partial charge in [0.15, 0.2) is 5.84 Å². The molecule has 2 aromatic carbocycles. The van der Waals surface area contributed by atoms with Gasteiger partial charge in [0.2, 0.25) is 11.8 Å². The summed E-state index contributed by atoms with van der Waals surface area (Å²) in [5.41, 5.74) is 11.0. The molecular weight excluding hydrogens is 572 g/mol. The van der Waals surface area contributed by atoms with Gasteiger partial charge in [0.05, 0.1) is 17.8 Å². The minimum atomic E-state index is -4.78. The molecule has 0 saturated carbocycles. The summed E-state index contributed by atoms with van der Waals surface area (Å²) >= 11 is 0. The molecule has 2 aliphatic rings. The Morgan fingerprint density at radius 1 is 1.09 bits per heavy atom. The lowest BCUT2D eigenvalue weighted by Gasteiger charge is -2.44. The number of hydrogen-bond acceptors (Lipinski definition) is 6.